The molecule has 2 unspecified atom stereocenters. The van der Waals surface area contributed by atoms with Crippen LogP contribution in [-0.4, -0.2) is 89.0 Å². The zero-order chi connectivity index (χ0) is 26.8. The van der Waals surface area contributed by atoms with Crippen molar-refractivity contribution in [3.63, 3.8) is 0 Å². The summed E-state index contributed by atoms with van der Waals surface area (Å²) in [6.07, 6.45) is 4.63. The van der Waals surface area contributed by atoms with Crippen LogP contribution in [-0.2, 0) is 11.3 Å². The number of nitrogen functional groups attached to an aromatic ring is 1. The largest absolute Gasteiger partial charge is 0.383 e. The number of quaternary nitrogens is 1. The van der Waals surface area contributed by atoms with E-state index in [1.807, 2.05) is 18.3 Å². The van der Waals surface area contributed by atoms with Gasteiger partial charge in [-0.3, -0.25) is 4.68 Å². The molecule has 2 aliphatic heterocycles. The van der Waals surface area contributed by atoms with Crippen molar-refractivity contribution in [2.75, 3.05) is 65.2 Å². The van der Waals surface area contributed by atoms with E-state index < -0.39 is 0 Å². The summed E-state index contributed by atoms with van der Waals surface area (Å²) in [6, 6.07) is 16.2. The van der Waals surface area contributed by atoms with Crippen LogP contribution in [0.15, 0.2) is 60.9 Å². The molecule has 10 heteroatoms. The first-order valence-corrected chi connectivity index (χ1v) is 14.1. The van der Waals surface area contributed by atoms with Crippen LogP contribution in [0.25, 0.3) is 10.9 Å². The van der Waals surface area contributed by atoms with Gasteiger partial charge in [-0.1, -0.05) is 23.7 Å². The van der Waals surface area contributed by atoms with Crippen molar-refractivity contribution in [1.82, 2.24) is 34.0 Å². The molecule has 0 saturated carbocycles. The standard InChI is InChI=1S/C29H36ClN8O/c1-35-13-15-36(16-14-35)11-2-12-37-26-19-22(3-4-23(26)20-33-37)27-21-38(17-18-39-27,25-7-5-24(30)6-8-25)29-32-10-9-28(31)34-29/h3-10,19-20,27H,2,11-18,21H2,1H3,(H2,31,32,34)/q+1. The summed E-state index contributed by atoms with van der Waals surface area (Å²) in [5.74, 6) is 1.12. The molecule has 6 rings (SSSR count). The maximum atomic E-state index is 6.38. The van der Waals surface area contributed by atoms with Gasteiger partial charge in [0.15, 0.2) is 0 Å². The van der Waals surface area contributed by atoms with Crippen molar-refractivity contribution < 1.29 is 4.74 Å². The molecule has 2 atom stereocenters. The Balaban J connectivity index is 1.25. The lowest BCUT2D eigenvalue weighted by molar-refractivity contribution is -0.0111. The van der Waals surface area contributed by atoms with Crippen molar-refractivity contribution in [3.05, 3.63) is 71.5 Å². The predicted molar refractivity (Wildman–Crippen MR) is 156 cm³/mol. The second-order valence-electron chi connectivity index (χ2n) is 10.7. The number of anilines is 1. The maximum Gasteiger partial charge on any atom is 0.336 e. The summed E-state index contributed by atoms with van der Waals surface area (Å²) < 4.78 is 8.96. The Kier molecular flexibility index (Phi) is 7.51. The van der Waals surface area contributed by atoms with Crippen LogP contribution in [0.1, 0.15) is 18.1 Å². The number of ether oxygens (including phenoxy) is 1. The second kappa shape index (κ2) is 11.2. The number of hydrogen-bond donors (Lipinski definition) is 1. The number of aryl methyl sites for hydroxylation is 1. The molecule has 2 aromatic carbocycles. The molecule has 0 bridgehead atoms. The molecular weight excluding hydrogens is 512 g/mol. The van der Waals surface area contributed by atoms with Crippen LogP contribution in [0.3, 0.4) is 0 Å². The molecule has 9 nitrogen and oxygen atoms in total. The number of hydrogen-bond acceptors (Lipinski definition) is 7. The number of morpholine rings is 1. The van der Waals surface area contributed by atoms with Gasteiger partial charge in [0.1, 0.15) is 30.7 Å². The van der Waals surface area contributed by atoms with Gasteiger partial charge >= 0.3 is 5.95 Å². The fraction of sp³-hybridized carbons (Fsp3) is 0.414. The Morgan fingerprint density at radius 1 is 1.05 bits per heavy atom. The Morgan fingerprint density at radius 2 is 1.87 bits per heavy atom. The van der Waals surface area contributed by atoms with E-state index in [-0.39, 0.29) is 6.10 Å². The SMILES string of the molecule is CN1CCN(CCCn2ncc3ccc(C4C[N+](c5ccc(Cl)cc5)(c5nccc(N)n5)CCO4)cc32)CC1. The first kappa shape index (κ1) is 26.2. The van der Waals surface area contributed by atoms with Gasteiger partial charge in [0.05, 0.1) is 18.3 Å². The summed E-state index contributed by atoms with van der Waals surface area (Å²) in [6.45, 7) is 8.48. The zero-order valence-corrected chi connectivity index (χ0v) is 23.2. The highest BCUT2D eigenvalue weighted by atomic mass is 35.5. The average Bonchev–Trinajstić information content (AvgIpc) is 3.36. The normalized spacial score (nSPS) is 22.9. The highest BCUT2D eigenvalue weighted by molar-refractivity contribution is 6.30. The Labute approximate surface area is 234 Å². The number of nitrogens with zero attached hydrogens (tertiary/aromatic N) is 7. The first-order chi connectivity index (χ1) is 19.0. The van der Waals surface area contributed by atoms with Gasteiger partial charge in [0, 0.05) is 61.5 Å². The number of benzene rings is 2. The number of halogens is 1. The molecule has 0 radical (unpaired) electrons. The van der Waals surface area contributed by atoms with E-state index in [4.69, 9.17) is 27.2 Å². The summed E-state index contributed by atoms with van der Waals surface area (Å²) >= 11 is 6.24. The molecule has 2 N–H and O–H groups in total. The summed E-state index contributed by atoms with van der Waals surface area (Å²) in [4.78, 5) is 14.3. The van der Waals surface area contributed by atoms with Gasteiger partial charge in [-0.05, 0) is 49.8 Å². The van der Waals surface area contributed by atoms with E-state index in [1.165, 1.54) is 0 Å². The molecule has 39 heavy (non-hydrogen) atoms. The zero-order valence-electron chi connectivity index (χ0n) is 22.4. The predicted octanol–water partition coefficient (Wildman–Crippen LogP) is 4.11. The molecule has 204 valence electrons. The van der Waals surface area contributed by atoms with Gasteiger partial charge in [0.25, 0.3) is 0 Å². The summed E-state index contributed by atoms with van der Waals surface area (Å²) in [5.41, 5.74) is 9.44. The fourth-order valence-corrected chi connectivity index (χ4v) is 5.91. The van der Waals surface area contributed by atoms with Crippen molar-refractivity contribution in [3.8, 4) is 0 Å². The van der Waals surface area contributed by atoms with E-state index in [2.05, 4.69) is 61.8 Å². The highest BCUT2D eigenvalue weighted by Crippen LogP contribution is 2.39. The van der Waals surface area contributed by atoms with Crippen molar-refractivity contribution in [1.29, 1.82) is 0 Å². The Hall–Kier alpha value is -3.08. The highest BCUT2D eigenvalue weighted by Gasteiger charge is 2.43. The molecule has 4 heterocycles. The average molecular weight is 548 g/mol. The first-order valence-electron chi connectivity index (χ1n) is 13.7. The van der Waals surface area contributed by atoms with Crippen LogP contribution in [0.2, 0.25) is 5.02 Å². The third-order valence-electron chi connectivity index (χ3n) is 8.12. The van der Waals surface area contributed by atoms with Gasteiger partial charge in [0.2, 0.25) is 0 Å². The van der Waals surface area contributed by atoms with E-state index in [1.54, 1.807) is 12.3 Å². The third kappa shape index (κ3) is 5.50. The molecule has 0 amide bonds. The molecule has 2 fully saturated rings. The van der Waals surface area contributed by atoms with Crippen molar-refractivity contribution in [2.24, 2.45) is 0 Å². The summed E-state index contributed by atoms with van der Waals surface area (Å²) in [5, 5.41) is 6.56. The molecule has 2 aliphatic rings. The maximum absolute atomic E-state index is 6.38. The van der Waals surface area contributed by atoms with Crippen molar-refractivity contribution in [2.45, 2.75) is 19.1 Å². The monoisotopic (exact) mass is 547 g/mol. The minimum Gasteiger partial charge on any atom is -0.383 e. The van der Waals surface area contributed by atoms with Gasteiger partial charge in [-0.2, -0.15) is 15.1 Å². The lowest BCUT2D eigenvalue weighted by Crippen LogP contribution is -2.54. The van der Waals surface area contributed by atoms with E-state index in [9.17, 15) is 0 Å². The molecule has 2 aromatic heterocycles. The minimum absolute atomic E-state index is 0.141. The Morgan fingerprint density at radius 3 is 2.67 bits per heavy atom. The molecule has 0 spiro atoms. The summed E-state index contributed by atoms with van der Waals surface area (Å²) in [7, 11) is 2.20. The smallest absolute Gasteiger partial charge is 0.336 e. The Bertz CT molecular complexity index is 1420. The van der Waals surface area contributed by atoms with E-state index in [0.717, 1.165) is 67.8 Å². The van der Waals surface area contributed by atoms with Crippen LogP contribution < -0.4 is 10.2 Å². The van der Waals surface area contributed by atoms with Gasteiger partial charge in [-0.25, -0.2) is 4.48 Å². The van der Waals surface area contributed by atoms with Crippen LogP contribution >= 0.6 is 11.6 Å². The molecular formula is C29H36ClN8O+. The molecule has 2 saturated heterocycles. The van der Waals surface area contributed by atoms with E-state index in [0.29, 0.717) is 41.0 Å². The number of rotatable bonds is 7. The molecule has 0 aliphatic carbocycles. The van der Waals surface area contributed by atoms with Crippen LogP contribution in [0, 0.1) is 0 Å². The third-order valence-corrected chi connectivity index (χ3v) is 8.37. The van der Waals surface area contributed by atoms with Crippen LogP contribution in [0.5, 0.6) is 0 Å². The number of fused-ring (bicyclic) bond motifs is 1. The van der Waals surface area contributed by atoms with Crippen LogP contribution in [0.4, 0.5) is 17.5 Å². The second-order valence-corrected chi connectivity index (χ2v) is 11.1. The van der Waals surface area contributed by atoms with Crippen molar-refractivity contribution >= 4 is 40.0 Å². The molecule has 4 aromatic rings. The fourth-order valence-electron chi connectivity index (χ4n) is 5.79. The quantitative estimate of drug-likeness (QED) is 0.348. The number of nitrogens with two attached hydrogens (primary N) is 1. The number of piperazine rings is 1. The lowest BCUT2D eigenvalue weighted by Gasteiger charge is -2.41. The van der Waals surface area contributed by atoms with E-state index >= 15 is 0 Å². The minimum atomic E-state index is -0.141. The van der Waals surface area contributed by atoms with Gasteiger partial charge < -0.3 is 20.3 Å². The number of aromatic nitrogens is 4. The lowest BCUT2D eigenvalue weighted by atomic mass is 10.0. The topological polar surface area (TPSA) is 85.3 Å². The van der Waals surface area contributed by atoms with Gasteiger partial charge in [-0.15, -0.1) is 0 Å². The number of likely N-dealkylation sites (N-methyl/N-ethyl adjacent to an activating group) is 1.